The zero-order valence-electron chi connectivity index (χ0n) is 17.3. The highest BCUT2D eigenvalue weighted by molar-refractivity contribution is 5.96. The first-order valence-electron chi connectivity index (χ1n) is 10.4. The first kappa shape index (κ1) is 19.6. The second kappa shape index (κ2) is 7.42. The topological polar surface area (TPSA) is 69.6 Å². The minimum atomic E-state index is -0.308. The molecule has 1 N–H and O–H groups in total. The summed E-state index contributed by atoms with van der Waals surface area (Å²) in [7, 11) is 1.68. The summed E-state index contributed by atoms with van der Waals surface area (Å²) in [5.41, 5.74) is 3.92. The van der Waals surface area contributed by atoms with E-state index < -0.39 is 0 Å². The fourth-order valence-corrected chi connectivity index (χ4v) is 4.33. The van der Waals surface area contributed by atoms with Crippen LogP contribution in [0, 0.1) is 5.82 Å². The van der Waals surface area contributed by atoms with Crippen molar-refractivity contribution < 1.29 is 14.3 Å². The zero-order valence-corrected chi connectivity index (χ0v) is 17.3. The molecule has 0 bridgehead atoms. The van der Waals surface area contributed by atoms with Gasteiger partial charge < -0.3 is 14.9 Å². The number of aliphatic hydroxyl groups is 1. The average molecular weight is 418 g/mol. The van der Waals surface area contributed by atoms with Gasteiger partial charge in [-0.25, -0.2) is 14.4 Å². The van der Waals surface area contributed by atoms with Crippen molar-refractivity contribution in [2.45, 2.75) is 18.3 Å². The number of carbonyl (C=O) groups is 1. The van der Waals surface area contributed by atoms with Gasteiger partial charge in [-0.2, -0.15) is 0 Å². The molecule has 1 aromatic heterocycles. The van der Waals surface area contributed by atoms with Crippen molar-refractivity contribution in [3.63, 3.8) is 0 Å². The van der Waals surface area contributed by atoms with Crippen molar-refractivity contribution in [2.75, 3.05) is 31.6 Å². The predicted octanol–water partition coefficient (Wildman–Crippen LogP) is 3.53. The molecular weight excluding hydrogens is 395 g/mol. The number of rotatable bonds is 5. The van der Waals surface area contributed by atoms with E-state index in [1.54, 1.807) is 37.6 Å². The SMILES string of the molecule is CN(CCO)C(=O)c1ccc2c(c1)N(c1ncc(-c3ccccc3F)cn1)CC21CC1. The van der Waals surface area contributed by atoms with Gasteiger partial charge in [-0.3, -0.25) is 4.79 Å². The predicted molar refractivity (Wildman–Crippen MR) is 116 cm³/mol. The quantitative estimate of drug-likeness (QED) is 0.687. The average Bonchev–Trinajstić information content (AvgIpc) is 3.50. The van der Waals surface area contributed by atoms with E-state index >= 15 is 0 Å². The van der Waals surface area contributed by atoms with E-state index in [2.05, 4.69) is 14.9 Å². The number of halogens is 1. The number of nitrogens with zero attached hydrogens (tertiary/aromatic N) is 4. The van der Waals surface area contributed by atoms with E-state index in [0.29, 0.717) is 22.6 Å². The van der Waals surface area contributed by atoms with Gasteiger partial charge in [0.25, 0.3) is 5.91 Å². The van der Waals surface area contributed by atoms with Crippen LogP contribution in [0.5, 0.6) is 0 Å². The Hall–Kier alpha value is -3.32. The van der Waals surface area contributed by atoms with Crippen molar-refractivity contribution in [1.82, 2.24) is 14.9 Å². The third-order valence-corrected chi connectivity index (χ3v) is 6.27. The largest absolute Gasteiger partial charge is 0.395 e. The molecule has 0 radical (unpaired) electrons. The number of hydrogen-bond acceptors (Lipinski definition) is 5. The number of anilines is 2. The Morgan fingerprint density at radius 1 is 1.19 bits per heavy atom. The van der Waals surface area contributed by atoms with Crippen molar-refractivity contribution >= 4 is 17.5 Å². The molecule has 0 atom stereocenters. The summed E-state index contributed by atoms with van der Waals surface area (Å²) in [6.07, 6.45) is 5.48. The summed E-state index contributed by atoms with van der Waals surface area (Å²) >= 11 is 0. The van der Waals surface area contributed by atoms with Crippen LogP contribution in [0.3, 0.4) is 0 Å². The number of fused-ring (bicyclic) bond motifs is 2. The molecule has 7 heteroatoms. The highest BCUT2D eigenvalue weighted by atomic mass is 19.1. The molecule has 31 heavy (non-hydrogen) atoms. The Morgan fingerprint density at radius 2 is 1.94 bits per heavy atom. The molecule has 1 saturated carbocycles. The molecule has 1 aliphatic carbocycles. The van der Waals surface area contributed by atoms with Crippen LogP contribution in [0.4, 0.5) is 16.0 Å². The van der Waals surface area contributed by atoms with Crippen molar-refractivity contribution in [3.8, 4) is 11.1 Å². The summed E-state index contributed by atoms with van der Waals surface area (Å²) < 4.78 is 14.1. The van der Waals surface area contributed by atoms with E-state index in [1.807, 2.05) is 18.2 Å². The normalized spacial score (nSPS) is 15.8. The fraction of sp³-hybridized carbons (Fsp3) is 0.292. The van der Waals surface area contributed by atoms with E-state index in [-0.39, 0.29) is 30.3 Å². The molecule has 1 spiro atoms. The van der Waals surface area contributed by atoms with Gasteiger partial charge in [-0.1, -0.05) is 24.3 Å². The lowest BCUT2D eigenvalue weighted by molar-refractivity contribution is 0.0767. The van der Waals surface area contributed by atoms with Gasteiger partial charge in [0.15, 0.2) is 0 Å². The van der Waals surface area contributed by atoms with Gasteiger partial charge in [0, 0.05) is 60.3 Å². The van der Waals surface area contributed by atoms with Crippen LogP contribution in [0.1, 0.15) is 28.8 Å². The molecule has 0 saturated heterocycles. The molecule has 5 rings (SSSR count). The minimum Gasteiger partial charge on any atom is -0.395 e. The number of aliphatic hydroxyl groups excluding tert-OH is 1. The molecule has 2 heterocycles. The highest BCUT2D eigenvalue weighted by Gasteiger charge is 2.52. The van der Waals surface area contributed by atoms with Gasteiger partial charge in [-0.15, -0.1) is 0 Å². The first-order valence-corrected chi connectivity index (χ1v) is 10.4. The molecule has 1 amide bonds. The summed E-state index contributed by atoms with van der Waals surface area (Å²) in [6, 6.07) is 12.4. The minimum absolute atomic E-state index is 0.0788. The monoisotopic (exact) mass is 418 g/mol. The van der Waals surface area contributed by atoms with Gasteiger partial charge in [0.1, 0.15) is 5.82 Å². The Balaban J connectivity index is 1.49. The zero-order chi connectivity index (χ0) is 21.6. The number of aromatic nitrogens is 2. The van der Waals surface area contributed by atoms with Gasteiger partial charge in [-0.05, 0) is 36.6 Å². The number of likely N-dealkylation sites (N-methyl/N-ethyl adjacent to an activating group) is 1. The Bertz CT molecular complexity index is 1140. The third kappa shape index (κ3) is 3.35. The van der Waals surface area contributed by atoms with Crippen molar-refractivity contribution in [1.29, 1.82) is 0 Å². The van der Waals surface area contributed by atoms with Gasteiger partial charge in [0.05, 0.1) is 6.61 Å². The molecule has 6 nitrogen and oxygen atoms in total. The van der Waals surface area contributed by atoms with Crippen LogP contribution in [-0.2, 0) is 5.41 Å². The summed E-state index contributed by atoms with van der Waals surface area (Å²) in [5, 5.41) is 9.13. The summed E-state index contributed by atoms with van der Waals surface area (Å²) in [4.78, 5) is 25.3. The highest BCUT2D eigenvalue weighted by Crippen LogP contribution is 2.57. The molecule has 1 fully saturated rings. The van der Waals surface area contributed by atoms with Crippen LogP contribution < -0.4 is 4.90 Å². The summed E-state index contributed by atoms with van der Waals surface area (Å²) in [6.45, 7) is 0.973. The van der Waals surface area contributed by atoms with E-state index in [1.165, 1.54) is 16.5 Å². The van der Waals surface area contributed by atoms with Crippen LogP contribution >= 0.6 is 0 Å². The maximum absolute atomic E-state index is 14.1. The maximum Gasteiger partial charge on any atom is 0.253 e. The second-order valence-corrected chi connectivity index (χ2v) is 8.30. The van der Waals surface area contributed by atoms with Gasteiger partial charge in [0.2, 0.25) is 5.95 Å². The standard InChI is InChI=1S/C24H23FN4O2/c1-28(10-11-30)22(31)16-6-7-19-21(12-16)29(15-24(19)8-9-24)23-26-13-17(14-27-23)18-4-2-3-5-20(18)25/h2-7,12-14,30H,8-11,15H2,1H3. The lowest BCUT2D eigenvalue weighted by Gasteiger charge is -2.20. The van der Waals surface area contributed by atoms with Crippen LogP contribution in [0.15, 0.2) is 54.9 Å². The van der Waals surface area contributed by atoms with E-state index in [9.17, 15) is 9.18 Å². The molecule has 0 unspecified atom stereocenters. The first-order chi connectivity index (χ1) is 15.0. The number of amides is 1. The third-order valence-electron chi connectivity index (χ3n) is 6.27. The molecule has 1 aliphatic heterocycles. The Labute approximate surface area is 180 Å². The number of carbonyl (C=O) groups excluding carboxylic acids is 1. The van der Waals surface area contributed by atoms with Crippen LogP contribution in [0.2, 0.25) is 0 Å². The molecule has 2 aromatic carbocycles. The van der Waals surface area contributed by atoms with E-state index in [4.69, 9.17) is 5.11 Å². The number of hydrogen-bond donors (Lipinski definition) is 1. The molecule has 2 aliphatic rings. The Morgan fingerprint density at radius 3 is 2.61 bits per heavy atom. The second-order valence-electron chi connectivity index (χ2n) is 8.30. The molecule has 3 aromatic rings. The maximum atomic E-state index is 14.1. The van der Waals surface area contributed by atoms with Crippen molar-refractivity contribution in [3.05, 3.63) is 71.8 Å². The van der Waals surface area contributed by atoms with Crippen molar-refractivity contribution in [2.24, 2.45) is 0 Å². The van der Waals surface area contributed by atoms with Crippen LogP contribution in [-0.4, -0.2) is 52.6 Å². The lowest BCUT2D eigenvalue weighted by atomic mass is 9.97. The lowest BCUT2D eigenvalue weighted by Crippen LogP contribution is -2.29. The molecular formula is C24H23FN4O2. The van der Waals surface area contributed by atoms with E-state index in [0.717, 1.165) is 25.1 Å². The smallest absolute Gasteiger partial charge is 0.253 e. The fourth-order valence-electron chi connectivity index (χ4n) is 4.33. The van der Waals surface area contributed by atoms with Crippen LogP contribution in [0.25, 0.3) is 11.1 Å². The molecule has 158 valence electrons. The number of benzene rings is 2. The summed E-state index contributed by atoms with van der Waals surface area (Å²) in [5.74, 6) is 0.0975. The van der Waals surface area contributed by atoms with Gasteiger partial charge >= 0.3 is 0 Å². The Kier molecular flexibility index (Phi) is 4.70.